The van der Waals surface area contributed by atoms with Crippen LogP contribution >= 0.6 is 11.3 Å². The number of hydrogen-bond acceptors (Lipinski definition) is 5. The van der Waals surface area contributed by atoms with E-state index in [9.17, 15) is 4.79 Å². The van der Waals surface area contributed by atoms with E-state index in [1.165, 1.54) is 15.9 Å². The maximum absolute atomic E-state index is 12.7. The van der Waals surface area contributed by atoms with Crippen LogP contribution in [0.2, 0.25) is 0 Å². The molecule has 0 fully saturated rings. The van der Waals surface area contributed by atoms with E-state index in [0.717, 1.165) is 21.9 Å². The number of thiazole rings is 1. The fourth-order valence-corrected chi connectivity index (χ4v) is 3.87. The van der Waals surface area contributed by atoms with Crippen LogP contribution in [0.15, 0.2) is 71.8 Å². The molecule has 0 atom stereocenters. The Morgan fingerprint density at radius 2 is 1.77 bits per heavy atom. The van der Waals surface area contributed by atoms with Crippen molar-refractivity contribution in [3.8, 4) is 11.4 Å². The van der Waals surface area contributed by atoms with Crippen molar-refractivity contribution in [3.63, 3.8) is 0 Å². The Morgan fingerprint density at radius 3 is 2.62 bits per heavy atom. The van der Waals surface area contributed by atoms with Crippen molar-refractivity contribution in [2.45, 2.75) is 0 Å². The van der Waals surface area contributed by atoms with E-state index in [0.29, 0.717) is 15.3 Å². The number of fused-ring (bicyclic) bond motifs is 2. The maximum atomic E-state index is 12.7. The van der Waals surface area contributed by atoms with Gasteiger partial charge in [0.15, 0.2) is 5.82 Å². The average molecular weight is 356 g/mol. The summed E-state index contributed by atoms with van der Waals surface area (Å²) >= 11 is 1.35. The number of aromatic nitrogens is 4. The minimum absolute atomic E-state index is 0.147. The molecule has 0 aliphatic heterocycles. The molecule has 124 valence electrons. The van der Waals surface area contributed by atoms with Crippen LogP contribution in [0, 0.1) is 0 Å². The van der Waals surface area contributed by atoms with E-state index < -0.39 is 0 Å². The molecule has 5 aromatic rings. The third-order valence-electron chi connectivity index (χ3n) is 4.23. The van der Waals surface area contributed by atoms with Gasteiger partial charge >= 0.3 is 0 Å². The Balaban J connectivity index is 1.68. The van der Waals surface area contributed by atoms with Gasteiger partial charge in [-0.1, -0.05) is 53.8 Å². The summed E-state index contributed by atoms with van der Waals surface area (Å²) in [6.07, 6.45) is 5.28. The standard InChI is InChI=1S/C20H12N4OS/c25-19-17(12-15-6-3-5-13-4-1-2-7-16(13)15)26-20-22-18(23-24(19)20)14-8-10-21-11-9-14/h1-12H. The minimum Gasteiger partial charge on any atom is -0.266 e. The zero-order valence-corrected chi connectivity index (χ0v) is 14.4. The number of hydrogen-bond donors (Lipinski definition) is 0. The van der Waals surface area contributed by atoms with Crippen molar-refractivity contribution in [1.82, 2.24) is 19.6 Å². The van der Waals surface area contributed by atoms with Gasteiger partial charge in [-0.25, -0.2) is 0 Å². The smallest absolute Gasteiger partial charge is 0.266 e. The summed E-state index contributed by atoms with van der Waals surface area (Å²) in [6.45, 7) is 0. The third-order valence-corrected chi connectivity index (χ3v) is 5.19. The lowest BCUT2D eigenvalue weighted by molar-refractivity contribution is 0.936. The van der Waals surface area contributed by atoms with Crippen LogP contribution < -0.4 is 10.1 Å². The molecule has 3 aromatic heterocycles. The SMILES string of the molecule is O=c1c(=Cc2cccc3ccccc23)sc2nc(-c3ccncc3)nn12. The lowest BCUT2D eigenvalue weighted by atomic mass is 10.0. The van der Waals surface area contributed by atoms with Crippen molar-refractivity contribution in [2.75, 3.05) is 0 Å². The first-order valence-corrected chi connectivity index (χ1v) is 8.91. The highest BCUT2D eigenvalue weighted by molar-refractivity contribution is 7.15. The fraction of sp³-hybridized carbons (Fsp3) is 0. The van der Waals surface area contributed by atoms with E-state index in [1.54, 1.807) is 12.4 Å². The Hall–Kier alpha value is -3.38. The van der Waals surface area contributed by atoms with Gasteiger partial charge in [-0.15, -0.1) is 5.10 Å². The molecular weight excluding hydrogens is 344 g/mol. The van der Waals surface area contributed by atoms with Crippen molar-refractivity contribution >= 4 is 33.1 Å². The third kappa shape index (κ3) is 2.39. The first-order valence-electron chi connectivity index (χ1n) is 8.09. The Kier molecular flexibility index (Phi) is 3.36. The molecule has 5 nitrogen and oxygen atoms in total. The number of nitrogens with zero attached hydrogens (tertiary/aromatic N) is 4. The quantitative estimate of drug-likeness (QED) is 0.488. The molecule has 0 aliphatic rings. The molecule has 5 rings (SSSR count). The summed E-state index contributed by atoms with van der Waals surface area (Å²) in [5.74, 6) is 0.535. The zero-order chi connectivity index (χ0) is 17.5. The molecule has 3 heterocycles. The van der Waals surface area contributed by atoms with E-state index in [4.69, 9.17) is 0 Å². The van der Waals surface area contributed by atoms with E-state index >= 15 is 0 Å². The maximum Gasteiger partial charge on any atom is 0.291 e. The highest BCUT2D eigenvalue weighted by Crippen LogP contribution is 2.19. The van der Waals surface area contributed by atoms with Gasteiger partial charge in [-0.2, -0.15) is 9.50 Å². The van der Waals surface area contributed by atoms with Crippen LogP contribution in [0.5, 0.6) is 0 Å². The predicted octanol–water partition coefficient (Wildman–Crippen LogP) is 2.91. The minimum atomic E-state index is -0.147. The second-order valence-corrected chi connectivity index (χ2v) is 6.86. The topological polar surface area (TPSA) is 60.2 Å². The lowest BCUT2D eigenvalue weighted by Gasteiger charge is -2.00. The van der Waals surface area contributed by atoms with Crippen LogP contribution in [0.1, 0.15) is 5.56 Å². The second kappa shape index (κ2) is 5.86. The Labute approximate surface area is 151 Å². The Morgan fingerprint density at radius 1 is 0.962 bits per heavy atom. The molecule has 0 amide bonds. The van der Waals surface area contributed by atoms with Crippen LogP contribution in [0.3, 0.4) is 0 Å². The number of rotatable bonds is 2. The molecule has 0 saturated carbocycles. The summed E-state index contributed by atoms with van der Waals surface area (Å²) in [5.41, 5.74) is 1.71. The van der Waals surface area contributed by atoms with Crippen LogP contribution in [-0.2, 0) is 0 Å². The van der Waals surface area contributed by atoms with Gasteiger partial charge in [0.1, 0.15) is 0 Å². The van der Waals surface area contributed by atoms with Crippen LogP contribution in [0.25, 0.3) is 33.2 Å². The molecule has 0 radical (unpaired) electrons. The van der Waals surface area contributed by atoms with Crippen molar-refractivity contribution < 1.29 is 0 Å². The summed E-state index contributed by atoms with van der Waals surface area (Å²) in [6, 6.07) is 17.9. The average Bonchev–Trinajstić information content (AvgIpc) is 3.23. The van der Waals surface area contributed by atoms with Gasteiger partial charge in [-0.3, -0.25) is 9.78 Å². The molecule has 0 unspecified atom stereocenters. The van der Waals surface area contributed by atoms with Gasteiger partial charge in [-0.05, 0) is 34.5 Å². The van der Waals surface area contributed by atoms with E-state index in [-0.39, 0.29) is 5.56 Å². The molecule has 26 heavy (non-hydrogen) atoms. The molecule has 0 bridgehead atoms. The van der Waals surface area contributed by atoms with Crippen molar-refractivity contribution in [3.05, 3.63) is 87.4 Å². The van der Waals surface area contributed by atoms with Crippen molar-refractivity contribution in [2.24, 2.45) is 0 Å². The first kappa shape index (κ1) is 14.9. The first-order chi connectivity index (χ1) is 12.8. The number of pyridine rings is 1. The fourth-order valence-electron chi connectivity index (χ4n) is 2.97. The molecule has 6 heteroatoms. The van der Waals surface area contributed by atoms with Gasteiger partial charge in [0.2, 0.25) is 4.96 Å². The number of benzene rings is 2. The van der Waals surface area contributed by atoms with Gasteiger partial charge in [0, 0.05) is 18.0 Å². The summed E-state index contributed by atoms with van der Waals surface area (Å²) in [5, 5.41) is 6.63. The van der Waals surface area contributed by atoms with E-state index in [2.05, 4.69) is 33.3 Å². The summed E-state index contributed by atoms with van der Waals surface area (Å²) < 4.78 is 2.00. The summed E-state index contributed by atoms with van der Waals surface area (Å²) in [4.78, 5) is 21.8. The predicted molar refractivity (Wildman–Crippen MR) is 103 cm³/mol. The van der Waals surface area contributed by atoms with Gasteiger partial charge in [0.25, 0.3) is 5.56 Å². The Bertz CT molecular complexity index is 1350. The molecule has 2 aromatic carbocycles. The highest BCUT2D eigenvalue weighted by atomic mass is 32.1. The monoisotopic (exact) mass is 356 g/mol. The van der Waals surface area contributed by atoms with E-state index in [1.807, 2.05) is 42.5 Å². The zero-order valence-electron chi connectivity index (χ0n) is 13.5. The lowest BCUT2D eigenvalue weighted by Crippen LogP contribution is -2.23. The summed E-state index contributed by atoms with van der Waals surface area (Å²) in [7, 11) is 0. The molecule has 0 spiro atoms. The van der Waals surface area contributed by atoms with Gasteiger partial charge < -0.3 is 0 Å². The molecule has 0 saturated heterocycles. The second-order valence-electron chi connectivity index (χ2n) is 5.85. The molecule has 0 aliphatic carbocycles. The van der Waals surface area contributed by atoms with Crippen molar-refractivity contribution in [1.29, 1.82) is 0 Å². The molecule has 0 N–H and O–H groups in total. The van der Waals surface area contributed by atoms with Crippen LogP contribution in [0.4, 0.5) is 0 Å². The normalized spacial score (nSPS) is 12.2. The molecular formula is C20H12N4OS. The largest absolute Gasteiger partial charge is 0.291 e. The van der Waals surface area contributed by atoms with Gasteiger partial charge in [0.05, 0.1) is 4.53 Å². The highest BCUT2D eigenvalue weighted by Gasteiger charge is 2.12. The van der Waals surface area contributed by atoms with Crippen LogP contribution in [-0.4, -0.2) is 19.6 Å².